The lowest BCUT2D eigenvalue weighted by atomic mass is 9.85. The van der Waals surface area contributed by atoms with E-state index in [0.29, 0.717) is 6.04 Å². The Morgan fingerprint density at radius 3 is 2.44 bits per heavy atom. The van der Waals surface area contributed by atoms with Crippen molar-refractivity contribution in [1.29, 1.82) is 0 Å². The number of rotatable bonds is 8. The van der Waals surface area contributed by atoms with Gasteiger partial charge in [-0.3, -0.25) is 4.68 Å². The molecule has 1 atom stereocenters. The molecule has 0 fully saturated rings. The van der Waals surface area contributed by atoms with Gasteiger partial charge >= 0.3 is 0 Å². The van der Waals surface area contributed by atoms with Crippen LogP contribution in [0.3, 0.4) is 0 Å². The van der Waals surface area contributed by atoms with Crippen LogP contribution in [-0.2, 0) is 18.2 Å². The van der Waals surface area contributed by atoms with Gasteiger partial charge in [0.2, 0.25) is 0 Å². The number of aryl methyl sites for hydroxylation is 1. The molecule has 1 aromatic heterocycles. The standard InChI is InChI=1S/C14H27N3O/c1-6-14(7-2,18-8-3)13(15-4)9-12-10-16-17(5)11-12/h10-11,13,15H,6-9H2,1-5H3. The van der Waals surface area contributed by atoms with Crippen molar-refractivity contribution in [3.8, 4) is 0 Å². The van der Waals surface area contributed by atoms with Crippen molar-refractivity contribution in [2.75, 3.05) is 13.7 Å². The first-order valence-electron chi connectivity index (χ1n) is 6.90. The van der Waals surface area contributed by atoms with E-state index in [0.717, 1.165) is 25.9 Å². The molecular formula is C14H27N3O. The van der Waals surface area contributed by atoms with E-state index in [1.54, 1.807) is 0 Å². The highest BCUT2D eigenvalue weighted by molar-refractivity contribution is 5.09. The summed E-state index contributed by atoms with van der Waals surface area (Å²) in [5.41, 5.74) is 1.17. The van der Waals surface area contributed by atoms with Crippen LogP contribution in [-0.4, -0.2) is 35.1 Å². The molecule has 18 heavy (non-hydrogen) atoms. The molecule has 1 rings (SSSR count). The van der Waals surface area contributed by atoms with Crippen LogP contribution in [0, 0.1) is 0 Å². The van der Waals surface area contributed by atoms with Crippen LogP contribution >= 0.6 is 0 Å². The second-order valence-electron chi connectivity index (χ2n) is 4.77. The molecule has 1 heterocycles. The summed E-state index contributed by atoms with van der Waals surface area (Å²) in [6, 6.07) is 0.316. The molecule has 1 aromatic rings. The van der Waals surface area contributed by atoms with Gasteiger partial charge in [0.05, 0.1) is 11.8 Å². The number of aromatic nitrogens is 2. The fraction of sp³-hybridized carbons (Fsp3) is 0.786. The molecular weight excluding hydrogens is 226 g/mol. The number of ether oxygens (including phenoxy) is 1. The minimum Gasteiger partial charge on any atom is -0.374 e. The normalized spacial score (nSPS) is 13.8. The lowest BCUT2D eigenvalue weighted by molar-refractivity contribution is -0.0703. The maximum atomic E-state index is 6.07. The first kappa shape index (κ1) is 15.2. The number of nitrogens with one attached hydrogen (secondary N) is 1. The fourth-order valence-corrected chi connectivity index (χ4v) is 2.70. The average Bonchev–Trinajstić information content (AvgIpc) is 2.79. The zero-order valence-electron chi connectivity index (χ0n) is 12.4. The Labute approximate surface area is 111 Å². The van der Waals surface area contributed by atoms with Crippen LogP contribution in [0.4, 0.5) is 0 Å². The Morgan fingerprint density at radius 2 is 2.06 bits per heavy atom. The Bertz CT molecular complexity index is 345. The van der Waals surface area contributed by atoms with Crippen molar-refractivity contribution < 1.29 is 4.74 Å². The number of likely N-dealkylation sites (N-methyl/N-ethyl adjacent to an activating group) is 1. The third-order valence-corrected chi connectivity index (χ3v) is 3.81. The van der Waals surface area contributed by atoms with Crippen molar-refractivity contribution in [2.24, 2.45) is 7.05 Å². The van der Waals surface area contributed by atoms with Crippen LogP contribution in [0.2, 0.25) is 0 Å². The van der Waals surface area contributed by atoms with Gasteiger partial charge in [0.1, 0.15) is 0 Å². The lowest BCUT2D eigenvalue weighted by Crippen LogP contribution is -2.52. The van der Waals surface area contributed by atoms with Crippen molar-refractivity contribution in [2.45, 2.75) is 51.7 Å². The van der Waals surface area contributed by atoms with Crippen LogP contribution in [0.15, 0.2) is 12.4 Å². The topological polar surface area (TPSA) is 39.1 Å². The largest absolute Gasteiger partial charge is 0.374 e. The van der Waals surface area contributed by atoms with Crippen molar-refractivity contribution in [3.05, 3.63) is 18.0 Å². The average molecular weight is 253 g/mol. The highest BCUT2D eigenvalue weighted by Gasteiger charge is 2.35. The van der Waals surface area contributed by atoms with Crippen molar-refractivity contribution in [3.63, 3.8) is 0 Å². The maximum Gasteiger partial charge on any atom is 0.0832 e. The summed E-state index contributed by atoms with van der Waals surface area (Å²) in [4.78, 5) is 0. The zero-order valence-corrected chi connectivity index (χ0v) is 12.4. The summed E-state index contributed by atoms with van der Waals surface area (Å²) in [6.07, 6.45) is 7.00. The van der Waals surface area contributed by atoms with E-state index >= 15 is 0 Å². The van der Waals surface area contributed by atoms with Crippen molar-refractivity contribution in [1.82, 2.24) is 15.1 Å². The molecule has 4 nitrogen and oxygen atoms in total. The van der Waals surface area contributed by atoms with Crippen molar-refractivity contribution >= 4 is 0 Å². The lowest BCUT2D eigenvalue weighted by Gasteiger charge is -2.39. The van der Waals surface area contributed by atoms with E-state index in [-0.39, 0.29) is 5.60 Å². The van der Waals surface area contributed by atoms with Gasteiger partial charge in [0.25, 0.3) is 0 Å². The molecule has 4 heteroatoms. The highest BCUT2D eigenvalue weighted by Crippen LogP contribution is 2.27. The molecule has 0 aromatic carbocycles. The number of nitrogens with zero attached hydrogens (tertiary/aromatic N) is 2. The van der Waals surface area contributed by atoms with Gasteiger partial charge in [-0.1, -0.05) is 13.8 Å². The smallest absolute Gasteiger partial charge is 0.0832 e. The first-order valence-corrected chi connectivity index (χ1v) is 6.90. The SMILES string of the molecule is CCOC(CC)(CC)C(Cc1cnn(C)c1)NC. The van der Waals surface area contributed by atoms with E-state index in [1.807, 2.05) is 25.0 Å². The number of hydrogen-bond donors (Lipinski definition) is 1. The van der Waals surface area contributed by atoms with E-state index in [9.17, 15) is 0 Å². The molecule has 0 aliphatic carbocycles. The van der Waals surface area contributed by atoms with Gasteiger partial charge < -0.3 is 10.1 Å². The van der Waals surface area contributed by atoms with Crippen LogP contribution in [0.5, 0.6) is 0 Å². The molecule has 104 valence electrons. The summed E-state index contributed by atoms with van der Waals surface area (Å²) in [7, 11) is 3.97. The van der Waals surface area contributed by atoms with Gasteiger partial charge in [-0.2, -0.15) is 5.10 Å². The summed E-state index contributed by atoms with van der Waals surface area (Å²) >= 11 is 0. The molecule has 0 amide bonds. The summed E-state index contributed by atoms with van der Waals surface area (Å²) < 4.78 is 7.92. The second kappa shape index (κ2) is 6.90. The van der Waals surface area contributed by atoms with E-state index in [2.05, 4.69) is 37.4 Å². The minimum atomic E-state index is -0.0840. The summed E-state index contributed by atoms with van der Waals surface area (Å²) in [5.74, 6) is 0. The van der Waals surface area contributed by atoms with Gasteiger partial charge in [0, 0.05) is 25.9 Å². The molecule has 0 saturated carbocycles. The van der Waals surface area contributed by atoms with Gasteiger partial charge in [0.15, 0.2) is 0 Å². The summed E-state index contributed by atoms with van der Waals surface area (Å²) in [5, 5.41) is 7.66. The Balaban J connectivity index is 2.84. The zero-order chi connectivity index (χ0) is 13.6. The predicted octanol–water partition coefficient (Wildman–Crippen LogP) is 2.15. The molecule has 0 aliphatic heterocycles. The molecule has 0 bridgehead atoms. The second-order valence-corrected chi connectivity index (χ2v) is 4.77. The molecule has 0 spiro atoms. The van der Waals surface area contributed by atoms with Crippen LogP contribution in [0.1, 0.15) is 39.2 Å². The Kier molecular flexibility index (Phi) is 5.82. The molecule has 1 unspecified atom stereocenters. The first-order chi connectivity index (χ1) is 8.61. The van der Waals surface area contributed by atoms with Gasteiger partial charge in [-0.15, -0.1) is 0 Å². The monoisotopic (exact) mass is 253 g/mol. The Hall–Kier alpha value is -0.870. The van der Waals surface area contributed by atoms with Crippen LogP contribution in [0.25, 0.3) is 0 Å². The quantitative estimate of drug-likeness (QED) is 0.771. The summed E-state index contributed by atoms with van der Waals surface area (Å²) in [6.45, 7) is 7.23. The van der Waals surface area contributed by atoms with E-state index in [4.69, 9.17) is 4.74 Å². The van der Waals surface area contributed by atoms with Gasteiger partial charge in [-0.25, -0.2) is 0 Å². The fourth-order valence-electron chi connectivity index (χ4n) is 2.70. The Morgan fingerprint density at radius 1 is 1.39 bits per heavy atom. The molecule has 0 saturated heterocycles. The molecule has 0 aliphatic rings. The third-order valence-electron chi connectivity index (χ3n) is 3.81. The minimum absolute atomic E-state index is 0.0840. The number of hydrogen-bond acceptors (Lipinski definition) is 3. The third kappa shape index (κ3) is 3.33. The van der Waals surface area contributed by atoms with E-state index < -0.39 is 0 Å². The van der Waals surface area contributed by atoms with Gasteiger partial charge in [-0.05, 0) is 38.8 Å². The molecule has 1 N–H and O–H groups in total. The maximum absolute atomic E-state index is 6.07. The molecule has 0 radical (unpaired) electrons. The van der Waals surface area contributed by atoms with E-state index in [1.165, 1.54) is 5.56 Å². The van der Waals surface area contributed by atoms with Crippen LogP contribution < -0.4 is 5.32 Å². The predicted molar refractivity (Wildman–Crippen MR) is 74.7 cm³/mol. The highest BCUT2D eigenvalue weighted by atomic mass is 16.5.